The molecule has 1 aliphatic rings. The fourth-order valence-electron chi connectivity index (χ4n) is 4.99. The zero-order chi connectivity index (χ0) is 29.7. The predicted octanol–water partition coefficient (Wildman–Crippen LogP) is 6.66. The third-order valence-electron chi connectivity index (χ3n) is 6.78. The van der Waals surface area contributed by atoms with Crippen LogP contribution in [0.1, 0.15) is 48.6 Å². The Balaban J connectivity index is 1.61. The number of rotatable bonds is 9. The molecule has 4 aromatic rings. The van der Waals surface area contributed by atoms with E-state index in [-0.39, 0.29) is 35.6 Å². The number of pyridine rings is 1. The molecule has 2 N–H and O–H groups in total. The Morgan fingerprint density at radius 3 is 2.48 bits per heavy atom. The van der Waals surface area contributed by atoms with Crippen LogP contribution in [-0.4, -0.2) is 46.9 Å². The molecule has 5 rings (SSSR count). The molecule has 1 unspecified atom stereocenters. The first-order chi connectivity index (χ1) is 20.2. The summed E-state index contributed by atoms with van der Waals surface area (Å²) in [5.41, 5.74) is 6.73. The van der Waals surface area contributed by atoms with Crippen molar-refractivity contribution < 1.29 is 36.6 Å². The maximum atomic E-state index is 15.2. The van der Waals surface area contributed by atoms with Crippen molar-refractivity contribution in [2.75, 3.05) is 19.8 Å². The number of benzene rings is 2. The number of hydrogen-bond acceptors (Lipinski definition) is 6. The van der Waals surface area contributed by atoms with Crippen molar-refractivity contribution in [3.05, 3.63) is 89.5 Å². The van der Waals surface area contributed by atoms with Gasteiger partial charge in [-0.25, -0.2) is 14.5 Å². The van der Waals surface area contributed by atoms with Crippen molar-refractivity contribution in [3.63, 3.8) is 0 Å². The highest BCUT2D eigenvalue weighted by atomic mass is 19.4. The number of primary amides is 1. The summed E-state index contributed by atoms with van der Waals surface area (Å²) in [6.45, 7) is 0.423. The summed E-state index contributed by atoms with van der Waals surface area (Å²) >= 11 is 0. The number of aromatic nitrogens is 3. The minimum atomic E-state index is -4.54. The molecule has 12 heteroatoms. The second-order valence-electron chi connectivity index (χ2n) is 9.70. The Morgan fingerprint density at radius 2 is 1.81 bits per heavy atom. The molecule has 2 aromatic heterocycles. The van der Waals surface area contributed by atoms with Gasteiger partial charge < -0.3 is 19.9 Å². The number of halogens is 4. The maximum Gasteiger partial charge on any atom is 0.404 e. The van der Waals surface area contributed by atoms with Gasteiger partial charge in [0.15, 0.2) is 6.23 Å². The third kappa shape index (κ3) is 6.88. The fraction of sp³-hybridized carbons (Fsp3) is 0.300. The largest absolute Gasteiger partial charge is 0.474 e. The molecule has 1 atom stereocenters. The Kier molecular flexibility index (Phi) is 8.72. The summed E-state index contributed by atoms with van der Waals surface area (Å²) in [7, 11) is 0. The minimum Gasteiger partial charge on any atom is -0.474 e. The summed E-state index contributed by atoms with van der Waals surface area (Å²) in [4.78, 5) is 15.0. The number of nitrogens with zero attached hydrogens (tertiary/aromatic N) is 3. The van der Waals surface area contributed by atoms with Crippen molar-refractivity contribution in [1.82, 2.24) is 14.8 Å². The van der Waals surface area contributed by atoms with Gasteiger partial charge in [0.2, 0.25) is 11.8 Å². The molecule has 0 bridgehead atoms. The van der Waals surface area contributed by atoms with E-state index in [1.807, 2.05) is 0 Å². The number of alkyl halides is 3. The smallest absolute Gasteiger partial charge is 0.404 e. The average molecular weight is 585 g/mol. The highest BCUT2D eigenvalue weighted by molar-refractivity contribution is 6.00. The summed E-state index contributed by atoms with van der Waals surface area (Å²) in [6, 6.07) is 16.1. The van der Waals surface area contributed by atoms with Crippen molar-refractivity contribution >= 4 is 28.1 Å². The molecule has 3 heterocycles. The van der Waals surface area contributed by atoms with Gasteiger partial charge in [-0.3, -0.25) is 0 Å². The van der Waals surface area contributed by atoms with Crippen LogP contribution in [0.5, 0.6) is 5.88 Å². The Hall–Kier alpha value is -4.45. The highest BCUT2D eigenvalue weighted by Gasteiger charge is 2.32. The van der Waals surface area contributed by atoms with Crippen LogP contribution in [0.3, 0.4) is 0 Å². The SMILES string of the molecule is NC(=O)OCCOc1ccc(/C(=C(/CC(F)(F)F)c2ccccc2)c2ccc3c(c2)c(F)nn3C2CCCCO2)cn1. The molecule has 0 radical (unpaired) electrons. The quantitative estimate of drug-likeness (QED) is 0.134. The van der Waals surface area contributed by atoms with Crippen molar-refractivity contribution in [3.8, 4) is 5.88 Å². The molecule has 1 fully saturated rings. The van der Waals surface area contributed by atoms with E-state index >= 15 is 4.39 Å². The average Bonchev–Trinajstić information content (AvgIpc) is 3.31. The molecule has 8 nitrogen and oxygen atoms in total. The fourth-order valence-corrected chi connectivity index (χ4v) is 4.99. The van der Waals surface area contributed by atoms with E-state index in [4.69, 9.17) is 15.2 Å². The first-order valence-corrected chi connectivity index (χ1v) is 13.4. The monoisotopic (exact) mass is 584 g/mol. The third-order valence-corrected chi connectivity index (χ3v) is 6.78. The lowest BCUT2D eigenvalue weighted by molar-refractivity contribution is -0.122. The molecule has 42 heavy (non-hydrogen) atoms. The molecule has 1 aliphatic heterocycles. The van der Waals surface area contributed by atoms with Crippen LogP contribution in [0.2, 0.25) is 0 Å². The van der Waals surface area contributed by atoms with Crippen LogP contribution >= 0.6 is 0 Å². The van der Waals surface area contributed by atoms with Gasteiger partial charge in [0.25, 0.3) is 0 Å². The summed E-state index contributed by atoms with van der Waals surface area (Å²) < 4.78 is 74.6. The zero-order valence-corrected chi connectivity index (χ0v) is 22.4. The first-order valence-electron chi connectivity index (χ1n) is 13.4. The van der Waals surface area contributed by atoms with Gasteiger partial charge in [-0.05, 0) is 59.7 Å². The lowest BCUT2D eigenvalue weighted by Gasteiger charge is -2.23. The van der Waals surface area contributed by atoms with Crippen LogP contribution in [0, 0.1) is 5.95 Å². The number of allylic oxidation sites excluding steroid dienone is 1. The van der Waals surface area contributed by atoms with Crippen molar-refractivity contribution in [1.29, 1.82) is 0 Å². The first kappa shape index (κ1) is 29.1. The lowest BCUT2D eigenvalue weighted by Crippen LogP contribution is -2.19. The second kappa shape index (κ2) is 12.6. The molecule has 220 valence electrons. The van der Waals surface area contributed by atoms with Crippen LogP contribution in [0.15, 0.2) is 66.9 Å². The van der Waals surface area contributed by atoms with E-state index in [0.29, 0.717) is 35.2 Å². The number of fused-ring (bicyclic) bond motifs is 1. The number of amides is 1. The van der Waals surface area contributed by atoms with Crippen LogP contribution in [-0.2, 0) is 9.47 Å². The number of carbonyl (C=O) groups excluding carboxylic acids is 1. The van der Waals surface area contributed by atoms with Crippen molar-refractivity contribution in [2.24, 2.45) is 5.73 Å². The Bertz CT molecular complexity index is 1560. The van der Waals surface area contributed by atoms with E-state index in [1.54, 1.807) is 48.5 Å². The number of hydrogen-bond donors (Lipinski definition) is 1. The summed E-state index contributed by atoms with van der Waals surface area (Å²) in [5, 5.41) is 4.24. The molecule has 1 amide bonds. The molecule has 0 saturated carbocycles. The lowest BCUT2D eigenvalue weighted by atomic mass is 9.88. The van der Waals surface area contributed by atoms with E-state index in [2.05, 4.69) is 14.8 Å². The van der Waals surface area contributed by atoms with Gasteiger partial charge in [-0.2, -0.15) is 17.6 Å². The highest BCUT2D eigenvalue weighted by Crippen LogP contribution is 2.40. The predicted molar refractivity (Wildman–Crippen MR) is 147 cm³/mol. The summed E-state index contributed by atoms with van der Waals surface area (Å²) in [5.74, 6) is -0.573. The van der Waals surface area contributed by atoms with Gasteiger partial charge in [-0.1, -0.05) is 36.4 Å². The maximum absolute atomic E-state index is 15.2. The van der Waals surface area contributed by atoms with Gasteiger partial charge in [0.1, 0.15) is 13.2 Å². The van der Waals surface area contributed by atoms with Gasteiger partial charge in [0.05, 0.1) is 17.3 Å². The van der Waals surface area contributed by atoms with Gasteiger partial charge >= 0.3 is 12.3 Å². The van der Waals surface area contributed by atoms with E-state index in [9.17, 15) is 18.0 Å². The summed E-state index contributed by atoms with van der Waals surface area (Å²) in [6.07, 6.45) is -3.23. The molecular formula is C30H28F4N4O4. The van der Waals surface area contributed by atoms with Crippen LogP contribution in [0.25, 0.3) is 22.0 Å². The van der Waals surface area contributed by atoms with Crippen molar-refractivity contribution in [2.45, 2.75) is 38.1 Å². The Labute approximate surface area is 238 Å². The van der Waals surface area contributed by atoms with Crippen LogP contribution in [0.4, 0.5) is 22.4 Å². The molecular weight excluding hydrogens is 556 g/mol. The molecule has 0 aliphatic carbocycles. The van der Waals surface area contributed by atoms with E-state index in [0.717, 1.165) is 12.8 Å². The molecule has 2 aromatic carbocycles. The number of carbonyl (C=O) groups is 1. The molecule has 0 spiro atoms. The van der Waals surface area contributed by atoms with Gasteiger partial charge in [0, 0.05) is 24.4 Å². The van der Waals surface area contributed by atoms with E-state index < -0.39 is 30.9 Å². The van der Waals surface area contributed by atoms with Gasteiger partial charge in [-0.15, -0.1) is 5.10 Å². The topological polar surface area (TPSA) is 101 Å². The standard InChI is InChI=1S/C30H28F4N4O4/c31-28-22-16-20(9-11-24(22)38(37-28)26-8-4-5-13-41-26)27(23(17-30(32,33)34)19-6-2-1-3-7-19)21-10-12-25(36-18-21)40-14-15-42-29(35)39/h1-3,6-7,9-12,16,18,26H,4-5,8,13-15,17H2,(H2,35,39)/b27-23-. The number of ether oxygens (including phenoxy) is 3. The number of nitrogens with two attached hydrogens (primary N) is 1. The Morgan fingerprint density at radius 1 is 1.02 bits per heavy atom. The zero-order valence-electron chi connectivity index (χ0n) is 22.4. The normalized spacial score (nSPS) is 16.2. The second-order valence-corrected chi connectivity index (χ2v) is 9.70. The van der Waals surface area contributed by atoms with Crippen LogP contribution < -0.4 is 10.5 Å². The van der Waals surface area contributed by atoms with E-state index in [1.165, 1.54) is 23.0 Å². The minimum absolute atomic E-state index is 0.00353. The molecule has 1 saturated heterocycles.